The maximum absolute atomic E-state index is 5.88. The highest BCUT2D eigenvalue weighted by Crippen LogP contribution is 2.30. The molecule has 0 spiro atoms. The number of hydrogen-bond donors (Lipinski definition) is 1. The summed E-state index contributed by atoms with van der Waals surface area (Å²) in [5, 5.41) is 2.01. The summed E-state index contributed by atoms with van der Waals surface area (Å²) >= 11 is 1.60. The number of benzene rings is 1. The fraction of sp³-hybridized carbons (Fsp3) is 0.214. The molecule has 5 nitrogen and oxygen atoms in total. The summed E-state index contributed by atoms with van der Waals surface area (Å²) in [5.74, 6) is 1.71. The lowest BCUT2D eigenvalue weighted by Crippen LogP contribution is -2.14. The third-order valence-corrected chi connectivity index (χ3v) is 4.05. The van der Waals surface area contributed by atoms with E-state index in [1.54, 1.807) is 18.4 Å². The molecule has 6 heteroatoms. The number of thiazole rings is 1. The second-order valence-corrected chi connectivity index (χ2v) is 5.28. The first-order chi connectivity index (χ1) is 9.74. The molecular weight excluding hydrogens is 272 g/mol. The van der Waals surface area contributed by atoms with Gasteiger partial charge in [0, 0.05) is 36.9 Å². The van der Waals surface area contributed by atoms with Gasteiger partial charge in [-0.05, 0) is 12.1 Å². The van der Waals surface area contributed by atoms with Crippen molar-refractivity contribution in [3.8, 4) is 5.75 Å². The molecule has 0 radical (unpaired) electrons. The van der Waals surface area contributed by atoms with Gasteiger partial charge in [-0.25, -0.2) is 4.98 Å². The maximum Gasteiger partial charge on any atom is 0.195 e. The van der Waals surface area contributed by atoms with Crippen LogP contribution in [0, 0.1) is 0 Å². The summed E-state index contributed by atoms with van der Waals surface area (Å²) in [6.45, 7) is 0.446. The molecule has 2 aromatic heterocycles. The summed E-state index contributed by atoms with van der Waals surface area (Å²) < 4.78 is 7.30. The topological polar surface area (TPSA) is 55.8 Å². The van der Waals surface area contributed by atoms with E-state index in [1.807, 2.05) is 52.2 Å². The van der Waals surface area contributed by atoms with Crippen LogP contribution in [-0.4, -0.2) is 23.5 Å². The lowest BCUT2D eigenvalue weighted by atomic mass is 10.2. The van der Waals surface area contributed by atoms with Crippen molar-refractivity contribution in [2.75, 3.05) is 19.1 Å². The monoisotopic (exact) mass is 288 g/mol. The number of imidazole rings is 1. The number of anilines is 2. The molecule has 0 unspecified atom stereocenters. The van der Waals surface area contributed by atoms with E-state index in [0.717, 1.165) is 27.9 Å². The van der Waals surface area contributed by atoms with Crippen molar-refractivity contribution in [2.45, 2.75) is 6.54 Å². The van der Waals surface area contributed by atoms with E-state index in [9.17, 15) is 0 Å². The standard InChI is InChI=1S/C14H16N4OS/c1-17(10-4-3-5-11(8-10)19-2)13-12(9-15)18-6-7-20-14(18)16-13/h3-8H,9,15H2,1-2H3. The minimum absolute atomic E-state index is 0.446. The first-order valence-electron chi connectivity index (χ1n) is 6.27. The predicted octanol–water partition coefficient (Wildman–Crippen LogP) is 2.63. The number of rotatable bonds is 4. The number of fused-ring (bicyclic) bond motifs is 1. The number of nitrogens with zero attached hydrogens (tertiary/aromatic N) is 3. The largest absolute Gasteiger partial charge is 0.497 e. The van der Waals surface area contributed by atoms with Crippen LogP contribution in [0.15, 0.2) is 35.8 Å². The molecule has 0 fully saturated rings. The summed E-state index contributed by atoms with van der Waals surface area (Å²) in [6, 6.07) is 7.89. The Morgan fingerprint density at radius 2 is 2.30 bits per heavy atom. The molecule has 2 N–H and O–H groups in total. The maximum atomic E-state index is 5.88. The van der Waals surface area contributed by atoms with Gasteiger partial charge >= 0.3 is 0 Å². The third kappa shape index (κ3) is 2.03. The van der Waals surface area contributed by atoms with Crippen molar-refractivity contribution < 1.29 is 4.74 Å². The molecule has 0 amide bonds. The first-order valence-corrected chi connectivity index (χ1v) is 7.15. The van der Waals surface area contributed by atoms with E-state index in [-0.39, 0.29) is 0 Å². The molecule has 0 atom stereocenters. The van der Waals surface area contributed by atoms with E-state index in [4.69, 9.17) is 10.5 Å². The number of methoxy groups -OCH3 is 1. The van der Waals surface area contributed by atoms with Crippen LogP contribution in [0.4, 0.5) is 11.5 Å². The smallest absolute Gasteiger partial charge is 0.195 e. The Labute approximate surface area is 121 Å². The highest BCUT2D eigenvalue weighted by Gasteiger charge is 2.16. The molecule has 0 bridgehead atoms. The van der Waals surface area contributed by atoms with E-state index in [0.29, 0.717) is 6.54 Å². The van der Waals surface area contributed by atoms with Crippen molar-refractivity contribution in [3.63, 3.8) is 0 Å². The number of ether oxygens (including phenoxy) is 1. The van der Waals surface area contributed by atoms with Crippen molar-refractivity contribution in [2.24, 2.45) is 5.73 Å². The molecule has 3 aromatic rings. The average molecular weight is 288 g/mol. The zero-order valence-electron chi connectivity index (χ0n) is 11.4. The fourth-order valence-corrected chi connectivity index (χ4v) is 2.95. The van der Waals surface area contributed by atoms with E-state index in [1.165, 1.54) is 0 Å². The Bertz CT molecular complexity index is 734. The molecule has 0 saturated carbocycles. The minimum Gasteiger partial charge on any atom is -0.497 e. The zero-order chi connectivity index (χ0) is 14.1. The van der Waals surface area contributed by atoms with Crippen LogP contribution in [0.2, 0.25) is 0 Å². The summed E-state index contributed by atoms with van der Waals surface area (Å²) in [4.78, 5) is 7.65. The summed E-state index contributed by atoms with van der Waals surface area (Å²) in [6.07, 6.45) is 2.00. The van der Waals surface area contributed by atoms with Crippen LogP contribution in [0.5, 0.6) is 5.75 Å². The van der Waals surface area contributed by atoms with Gasteiger partial charge in [-0.1, -0.05) is 6.07 Å². The second-order valence-electron chi connectivity index (χ2n) is 4.40. The van der Waals surface area contributed by atoms with Gasteiger partial charge in [-0.15, -0.1) is 11.3 Å². The normalized spacial score (nSPS) is 10.9. The molecule has 0 aliphatic heterocycles. The molecule has 104 valence electrons. The molecule has 20 heavy (non-hydrogen) atoms. The Balaban J connectivity index is 2.06. The molecule has 1 aromatic carbocycles. The van der Waals surface area contributed by atoms with E-state index < -0.39 is 0 Å². The number of hydrogen-bond acceptors (Lipinski definition) is 5. The predicted molar refractivity (Wildman–Crippen MR) is 82.0 cm³/mol. The molecule has 0 saturated heterocycles. The first kappa shape index (κ1) is 13.0. The fourth-order valence-electron chi connectivity index (χ4n) is 2.22. The van der Waals surface area contributed by atoms with Crippen molar-refractivity contribution in [1.82, 2.24) is 9.38 Å². The van der Waals surface area contributed by atoms with Gasteiger partial charge in [0.25, 0.3) is 0 Å². The Morgan fingerprint density at radius 1 is 1.45 bits per heavy atom. The Kier molecular flexibility index (Phi) is 3.33. The Morgan fingerprint density at radius 3 is 3.05 bits per heavy atom. The van der Waals surface area contributed by atoms with Crippen molar-refractivity contribution in [3.05, 3.63) is 41.5 Å². The Hall–Kier alpha value is -2.05. The van der Waals surface area contributed by atoms with Gasteiger partial charge in [0.05, 0.1) is 12.8 Å². The molecule has 0 aliphatic rings. The number of nitrogens with two attached hydrogens (primary N) is 1. The number of aromatic nitrogens is 2. The molecule has 0 aliphatic carbocycles. The molecular formula is C14H16N4OS. The summed E-state index contributed by atoms with van der Waals surface area (Å²) in [5.41, 5.74) is 7.91. The highest BCUT2D eigenvalue weighted by atomic mass is 32.1. The van der Waals surface area contributed by atoms with E-state index in [2.05, 4.69) is 4.98 Å². The van der Waals surface area contributed by atoms with Crippen LogP contribution in [0.1, 0.15) is 5.69 Å². The lowest BCUT2D eigenvalue weighted by Gasteiger charge is -2.18. The van der Waals surface area contributed by atoms with Gasteiger partial charge in [0.1, 0.15) is 5.75 Å². The van der Waals surface area contributed by atoms with Gasteiger partial charge < -0.3 is 15.4 Å². The van der Waals surface area contributed by atoms with Crippen LogP contribution in [0.25, 0.3) is 4.96 Å². The van der Waals surface area contributed by atoms with Crippen LogP contribution < -0.4 is 15.4 Å². The van der Waals surface area contributed by atoms with E-state index >= 15 is 0 Å². The van der Waals surface area contributed by atoms with Gasteiger partial charge in [0.2, 0.25) is 0 Å². The van der Waals surface area contributed by atoms with Crippen molar-refractivity contribution >= 4 is 27.8 Å². The molecule has 2 heterocycles. The average Bonchev–Trinajstić information content (AvgIpc) is 3.06. The van der Waals surface area contributed by atoms with Crippen molar-refractivity contribution in [1.29, 1.82) is 0 Å². The van der Waals surface area contributed by atoms with Gasteiger partial charge in [-0.2, -0.15) is 0 Å². The zero-order valence-corrected chi connectivity index (χ0v) is 12.2. The third-order valence-electron chi connectivity index (χ3n) is 3.29. The van der Waals surface area contributed by atoms with Gasteiger partial charge in [-0.3, -0.25) is 4.40 Å². The van der Waals surface area contributed by atoms with Crippen LogP contribution in [0.3, 0.4) is 0 Å². The molecule has 3 rings (SSSR count). The van der Waals surface area contributed by atoms with Crippen LogP contribution in [-0.2, 0) is 6.54 Å². The lowest BCUT2D eigenvalue weighted by molar-refractivity contribution is 0.415. The summed E-state index contributed by atoms with van der Waals surface area (Å²) in [7, 11) is 3.65. The SMILES string of the molecule is COc1cccc(N(C)c2nc3sccn3c2CN)c1. The van der Waals surface area contributed by atoms with Gasteiger partial charge in [0.15, 0.2) is 10.8 Å². The second kappa shape index (κ2) is 5.15. The van der Waals surface area contributed by atoms with Crippen LogP contribution >= 0.6 is 11.3 Å². The quantitative estimate of drug-likeness (QED) is 0.802. The highest BCUT2D eigenvalue weighted by molar-refractivity contribution is 7.15. The minimum atomic E-state index is 0.446.